The number of aliphatic hydroxyl groups is 1. The summed E-state index contributed by atoms with van der Waals surface area (Å²) in [6.07, 6.45) is 1.53. The Morgan fingerprint density at radius 1 is 1.71 bits per heavy atom. The summed E-state index contributed by atoms with van der Waals surface area (Å²) in [6.45, 7) is 3.44. The lowest BCUT2D eigenvalue weighted by Crippen LogP contribution is -2.38. The molecular formula is C9H13ClN2O2. The molecule has 5 heteroatoms. The van der Waals surface area contributed by atoms with E-state index in [9.17, 15) is 9.90 Å². The van der Waals surface area contributed by atoms with Crippen molar-refractivity contribution in [1.82, 2.24) is 10.3 Å². The van der Waals surface area contributed by atoms with E-state index in [0.717, 1.165) is 0 Å². The molecule has 1 rings (SSSR count). The highest BCUT2D eigenvalue weighted by atomic mass is 35.5. The standard InChI is InChI=1S/C9H13ClN2O2/c1-9(2,14)5-12-8(13)7-3-6(10)4-11-7/h3-4,11,14H,5H2,1-2H3,(H,12,13). The third kappa shape index (κ3) is 3.40. The fourth-order valence-electron chi connectivity index (χ4n) is 0.891. The van der Waals surface area contributed by atoms with Crippen LogP contribution in [0.4, 0.5) is 0 Å². The predicted octanol–water partition coefficient (Wildman–Crippen LogP) is 1.17. The van der Waals surface area contributed by atoms with Gasteiger partial charge < -0.3 is 15.4 Å². The van der Waals surface area contributed by atoms with Gasteiger partial charge >= 0.3 is 0 Å². The first-order valence-corrected chi connectivity index (χ1v) is 4.61. The van der Waals surface area contributed by atoms with Gasteiger partial charge in [0.2, 0.25) is 0 Å². The quantitative estimate of drug-likeness (QED) is 0.710. The Bertz CT molecular complexity index is 328. The van der Waals surface area contributed by atoms with Gasteiger partial charge in [-0.15, -0.1) is 0 Å². The molecule has 0 aliphatic rings. The smallest absolute Gasteiger partial charge is 0.267 e. The van der Waals surface area contributed by atoms with Crippen molar-refractivity contribution in [3.63, 3.8) is 0 Å². The van der Waals surface area contributed by atoms with Gasteiger partial charge in [-0.25, -0.2) is 0 Å². The zero-order valence-corrected chi connectivity index (χ0v) is 8.85. The molecule has 0 atom stereocenters. The fourth-order valence-corrected chi connectivity index (χ4v) is 1.05. The van der Waals surface area contributed by atoms with Crippen LogP contribution in [-0.2, 0) is 0 Å². The number of carbonyl (C=O) groups excluding carboxylic acids is 1. The van der Waals surface area contributed by atoms with E-state index in [2.05, 4.69) is 10.3 Å². The van der Waals surface area contributed by atoms with E-state index in [1.165, 1.54) is 12.3 Å². The van der Waals surface area contributed by atoms with Gasteiger partial charge in [0.15, 0.2) is 0 Å². The molecule has 1 amide bonds. The highest BCUT2D eigenvalue weighted by Gasteiger charge is 2.15. The van der Waals surface area contributed by atoms with E-state index in [4.69, 9.17) is 11.6 Å². The molecule has 1 aromatic rings. The van der Waals surface area contributed by atoms with Crippen molar-refractivity contribution in [2.75, 3.05) is 6.54 Å². The maximum Gasteiger partial charge on any atom is 0.267 e. The van der Waals surface area contributed by atoms with Crippen LogP contribution >= 0.6 is 11.6 Å². The van der Waals surface area contributed by atoms with Gasteiger partial charge in [0.25, 0.3) is 5.91 Å². The Morgan fingerprint density at radius 2 is 2.36 bits per heavy atom. The Labute approximate surface area is 87.3 Å². The van der Waals surface area contributed by atoms with Crippen LogP contribution < -0.4 is 5.32 Å². The number of H-pyrrole nitrogens is 1. The SMILES string of the molecule is CC(C)(O)CNC(=O)c1cc(Cl)c[nH]1. The number of halogens is 1. The van der Waals surface area contributed by atoms with Crippen LogP contribution in [0.3, 0.4) is 0 Å². The number of hydrogen-bond donors (Lipinski definition) is 3. The molecule has 4 nitrogen and oxygen atoms in total. The van der Waals surface area contributed by atoms with E-state index in [0.29, 0.717) is 10.7 Å². The van der Waals surface area contributed by atoms with Gasteiger partial charge in [-0.05, 0) is 19.9 Å². The van der Waals surface area contributed by atoms with Crippen molar-refractivity contribution in [3.8, 4) is 0 Å². The largest absolute Gasteiger partial charge is 0.389 e. The normalized spacial score (nSPS) is 11.4. The van der Waals surface area contributed by atoms with Crippen LogP contribution in [0.15, 0.2) is 12.3 Å². The minimum Gasteiger partial charge on any atom is -0.389 e. The van der Waals surface area contributed by atoms with Gasteiger partial charge in [0.05, 0.1) is 10.6 Å². The van der Waals surface area contributed by atoms with E-state index >= 15 is 0 Å². The minimum atomic E-state index is -0.911. The molecule has 0 spiro atoms. The van der Waals surface area contributed by atoms with Crippen molar-refractivity contribution < 1.29 is 9.90 Å². The second kappa shape index (κ2) is 4.02. The molecule has 0 bridgehead atoms. The van der Waals surface area contributed by atoms with Crippen LogP contribution in [0.2, 0.25) is 5.02 Å². The second-order valence-corrected chi connectivity index (χ2v) is 4.16. The number of aromatic amines is 1. The first-order chi connectivity index (χ1) is 6.38. The molecule has 0 unspecified atom stereocenters. The molecule has 0 aromatic carbocycles. The lowest BCUT2D eigenvalue weighted by Gasteiger charge is -2.17. The Balaban J connectivity index is 2.52. The molecule has 14 heavy (non-hydrogen) atoms. The lowest BCUT2D eigenvalue weighted by atomic mass is 10.1. The van der Waals surface area contributed by atoms with Gasteiger partial charge in [0, 0.05) is 12.7 Å². The van der Waals surface area contributed by atoms with Gasteiger partial charge in [-0.2, -0.15) is 0 Å². The average molecular weight is 217 g/mol. The minimum absolute atomic E-state index is 0.197. The first kappa shape index (κ1) is 11.1. The first-order valence-electron chi connectivity index (χ1n) is 4.23. The van der Waals surface area contributed by atoms with Gasteiger partial charge in [-0.1, -0.05) is 11.6 Å². The summed E-state index contributed by atoms with van der Waals surface area (Å²) in [4.78, 5) is 14.1. The summed E-state index contributed by atoms with van der Waals surface area (Å²) in [5.74, 6) is -0.279. The molecular weight excluding hydrogens is 204 g/mol. The van der Waals surface area contributed by atoms with Crippen LogP contribution in [0.5, 0.6) is 0 Å². The highest BCUT2D eigenvalue weighted by molar-refractivity contribution is 6.30. The van der Waals surface area contributed by atoms with E-state index < -0.39 is 5.60 Å². The van der Waals surface area contributed by atoms with Crippen LogP contribution in [0.1, 0.15) is 24.3 Å². The average Bonchev–Trinajstić information content (AvgIpc) is 2.46. The number of hydrogen-bond acceptors (Lipinski definition) is 2. The summed E-state index contributed by atoms with van der Waals surface area (Å²) in [6, 6.07) is 1.53. The molecule has 78 valence electrons. The summed E-state index contributed by atoms with van der Waals surface area (Å²) < 4.78 is 0. The molecule has 0 aliphatic heterocycles. The van der Waals surface area contributed by atoms with E-state index in [1.54, 1.807) is 13.8 Å². The lowest BCUT2D eigenvalue weighted by molar-refractivity contribution is 0.0692. The molecule has 0 aliphatic carbocycles. The van der Waals surface area contributed by atoms with Crippen LogP contribution in [0, 0.1) is 0 Å². The van der Waals surface area contributed by atoms with E-state index in [1.807, 2.05) is 0 Å². The monoisotopic (exact) mass is 216 g/mol. The third-order valence-corrected chi connectivity index (χ3v) is 1.79. The highest BCUT2D eigenvalue weighted by Crippen LogP contribution is 2.09. The molecule has 1 heterocycles. The number of amides is 1. The van der Waals surface area contributed by atoms with E-state index in [-0.39, 0.29) is 12.5 Å². The van der Waals surface area contributed by atoms with Crippen molar-refractivity contribution in [1.29, 1.82) is 0 Å². The van der Waals surface area contributed by atoms with Crippen molar-refractivity contribution in [3.05, 3.63) is 23.0 Å². The Kier molecular flexibility index (Phi) is 3.18. The molecule has 0 radical (unpaired) electrons. The molecule has 0 saturated carbocycles. The zero-order chi connectivity index (χ0) is 10.8. The van der Waals surface area contributed by atoms with Crippen molar-refractivity contribution in [2.45, 2.75) is 19.4 Å². The fraction of sp³-hybridized carbons (Fsp3) is 0.444. The Morgan fingerprint density at radius 3 is 2.79 bits per heavy atom. The van der Waals surface area contributed by atoms with Gasteiger partial charge in [-0.3, -0.25) is 4.79 Å². The summed E-state index contributed by atoms with van der Waals surface area (Å²) in [7, 11) is 0. The topological polar surface area (TPSA) is 65.1 Å². The number of rotatable bonds is 3. The van der Waals surface area contributed by atoms with Crippen molar-refractivity contribution in [2.24, 2.45) is 0 Å². The molecule has 0 saturated heterocycles. The van der Waals surface area contributed by atoms with Gasteiger partial charge in [0.1, 0.15) is 5.69 Å². The second-order valence-electron chi connectivity index (χ2n) is 3.73. The zero-order valence-electron chi connectivity index (χ0n) is 8.10. The maximum atomic E-state index is 11.4. The third-order valence-electron chi connectivity index (χ3n) is 1.57. The van der Waals surface area contributed by atoms with Crippen LogP contribution in [0.25, 0.3) is 0 Å². The number of aromatic nitrogens is 1. The Hall–Kier alpha value is -1.00. The van der Waals surface area contributed by atoms with Crippen LogP contribution in [-0.4, -0.2) is 28.1 Å². The number of carbonyl (C=O) groups is 1. The predicted molar refractivity (Wildman–Crippen MR) is 54.4 cm³/mol. The molecule has 1 aromatic heterocycles. The van der Waals surface area contributed by atoms with Crippen molar-refractivity contribution >= 4 is 17.5 Å². The maximum absolute atomic E-state index is 11.4. The summed E-state index contributed by atoms with van der Waals surface area (Å²) >= 11 is 5.63. The summed E-state index contributed by atoms with van der Waals surface area (Å²) in [5, 5.41) is 12.4. The molecule has 3 N–H and O–H groups in total. The molecule has 0 fully saturated rings. The number of nitrogens with one attached hydrogen (secondary N) is 2. The summed E-state index contributed by atoms with van der Waals surface area (Å²) in [5.41, 5.74) is -0.522.